The fourth-order valence-corrected chi connectivity index (χ4v) is 4.41. The van der Waals surface area contributed by atoms with Crippen LogP contribution in [0.25, 0.3) is 0 Å². The van der Waals surface area contributed by atoms with E-state index in [1.165, 1.54) is 0 Å². The van der Waals surface area contributed by atoms with E-state index in [9.17, 15) is 9.59 Å². The molecule has 2 unspecified atom stereocenters. The highest BCUT2D eigenvalue weighted by molar-refractivity contribution is 7.99. The number of amides is 2. The molecule has 3 aliphatic rings. The molecule has 0 aromatic heterocycles. The Bertz CT molecular complexity index is 423. The minimum Gasteiger partial charge on any atom is -0.376 e. The normalized spacial score (nSPS) is 29.0. The average molecular weight is 341 g/mol. The number of likely N-dealkylation sites (tertiary alicyclic amines) is 1. The number of carbonyl (C=O) groups excluding carboxylic acids is 2. The van der Waals surface area contributed by atoms with Crippen molar-refractivity contribution in [2.24, 2.45) is 5.92 Å². The molecule has 7 heteroatoms. The number of nitrogens with one attached hydrogen (secondary N) is 1. The Morgan fingerprint density at radius 2 is 2.00 bits per heavy atom. The second-order valence-electron chi connectivity index (χ2n) is 6.60. The summed E-state index contributed by atoms with van der Waals surface area (Å²) < 4.78 is 5.51. The fraction of sp³-hybridized carbons (Fsp3) is 0.875. The van der Waals surface area contributed by atoms with Crippen molar-refractivity contribution in [2.45, 2.75) is 25.4 Å². The van der Waals surface area contributed by atoms with Crippen LogP contribution in [0.3, 0.4) is 0 Å². The lowest BCUT2D eigenvalue weighted by Crippen LogP contribution is -2.43. The molecular weight excluding hydrogens is 314 g/mol. The molecule has 0 bridgehead atoms. The molecule has 3 fully saturated rings. The van der Waals surface area contributed by atoms with Crippen molar-refractivity contribution >= 4 is 23.6 Å². The maximum atomic E-state index is 12.5. The van der Waals surface area contributed by atoms with Gasteiger partial charge in [-0.2, -0.15) is 11.8 Å². The van der Waals surface area contributed by atoms with Crippen molar-refractivity contribution in [3.05, 3.63) is 0 Å². The highest BCUT2D eigenvalue weighted by Gasteiger charge is 2.32. The Hall–Kier alpha value is -0.790. The summed E-state index contributed by atoms with van der Waals surface area (Å²) in [4.78, 5) is 28.6. The number of nitrogens with zero attached hydrogens (tertiary/aromatic N) is 2. The molecule has 6 nitrogen and oxygen atoms in total. The van der Waals surface area contributed by atoms with E-state index < -0.39 is 0 Å². The zero-order valence-corrected chi connectivity index (χ0v) is 14.5. The number of hydrogen-bond acceptors (Lipinski definition) is 5. The summed E-state index contributed by atoms with van der Waals surface area (Å²) in [7, 11) is 0. The second-order valence-corrected chi connectivity index (χ2v) is 7.82. The van der Waals surface area contributed by atoms with Crippen LogP contribution in [0, 0.1) is 5.92 Å². The minimum absolute atomic E-state index is 0.0444. The molecule has 2 amide bonds. The number of rotatable bonds is 5. The fourth-order valence-electron chi connectivity index (χ4n) is 3.51. The van der Waals surface area contributed by atoms with Crippen molar-refractivity contribution in [1.29, 1.82) is 0 Å². The van der Waals surface area contributed by atoms with Crippen LogP contribution in [-0.2, 0) is 14.3 Å². The van der Waals surface area contributed by atoms with Gasteiger partial charge in [0.05, 0.1) is 18.6 Å². The van der Waals surface area contributed by atoms with Crippen LogP contribution in [0.1, 0.15) is 19.3 Å². The SMILES string of the molecule is O=C(CN1CCC(C(=O)N2CCSCC2)C1)NCC1CCCO1. The van der Waals surface area contributed by atoms with Crippen LogP contribution < -0.4 is 5.32 Å². The summed E-state index contributed by atoms with van der Waals surface area (Å²) in [5.41, 5.74) is 0. The van der Waals surface area contributed by atoms with Crippen molar-refractivity contribution in [3.63, 3.8) is 0 Å². The Kier molecular flexibility index (Phi) is 6.19. The summed E-state index contributed by atoms with van der Waals surface area (Å²) in [5, 5.41) is 2.96. The van der Waals surface area contributed by atoms with Gasteiger partial charge in [-0.3, -0.25) is 14.5 Å². The van der Waals surface area contributed by atoms with E-state index in [-0.39, 0.29) is 23.8 Å². The Labute approximate surface area is 142 Å². The van der Waals surface area contributed by atoms with Gasteiger partial charge in [-0.15, -0.1) is 0 Å². The maximum absolute atomic E-state index is 12.5. The topological polar surface area (TPSA) is 61.9 Å². The van der Waals surface area contributed by atoms with E-state index in [4.69, 9.17) is 4.74 Å². The molecule has 0 aliphatic carbocycles. The van der Waals surface area contributed by atoms with E-state index in [1.807, 2.05) is 16.7 Å². The quantitative estimate of drug-likeness (QED) is 0.773. The van der Waals surface area contributed by atoms with Crippen molar-refractivity contribution in [1.82, 2.24) is 15.1 Å². The van der Waals surface area contributed by atoms with Crippen molar-refractivity contribution in [3.8, 4) is 0 Å². The van der Waals surface area contributed by atoms with Crippen LogP contribution in [0.5, 0.6) is 0 Å². The lowest BCUT2D eigenvalue weighted by Gasteiger charge is -2.28. The van der Waals surface area contributed by atoms with E-state index >= 15 is 0 Å². The summed E-state index contributed by atoms with van der Waals surface area (Å²) >= 11 is 1.92. The number of hydrogen-bond donors (Lipinski definition) is 1. The molecule has 3 heterocycles. The third-order valence-electron chi connectivity index (χ3n) is 4.86. The first kappa shape index (κ1) is 17.0. The van der Waals surface area contributed by atoms with E-state index in [1.54, 1.807) is 0 Å². The molecule has 1 N–H and O–H groups in total. The van der Waals surface area contributed by atoms with Gasteiger partial charge in [0.15, 0.2) is 0 Å². The zero-order valence-electron chi connectivity index (χ0n) is 13.7. The first-order valence-electron chi connectivity index (χ1n) is 8.69. The number of carbonyl (C=O) groups is 2. The van der Waals surface area contributed by atoms with Crippen LogP contribution in [0.2, 0.25) is 0 Å². The van der Waals surface area contributed by atoms with Gasteiger partial charge in [-0.25, -0.2) is 0 Å². The summed E-state index contributed by atoms with van der Waals surface area (Å²) in [6, 6.07) is 0. The lowest BCUT2D eigenvalue weighted by molar-refractivity contribution is -0.135. The molecule has 3 rings (SSSR count). The van der Waals surface area contributed by atoms with Crippen molar-refractivity contribution in [2.75, 3.05) is 57.4 Å². The Morgan fingerprint density at radius 1 is 1.17 bits per heavy atom. The van der Waals surface area contributed by atoms with Crippen molar-refractivity contribution < 1.29 is 14.3 Å². The monoisotopic (exact) mass is 341 g/mol. The molecule has 130 valence electrons. The molecule has 0 aromatic carbocycles. The Balaban J connectivity index is 1.37. The molecule has 0 spiro atoms. The molecule has 3 aliphatic heterocycles. The van der Waals surface area contributed by atoms with Gasteiger partial charge in [0.25, 0.3) is 0 Å². The van der Waals surface area contributed by atoms with Gasteiger partial charge >= 0.3 is 0 Å². The van der Waals surface area contributed by atoms with Crippen LogP contribution in [0.4, 0.5) is 0 Å². The standard InChI is InChI=1S/C16H27N3O3S/c20-15(17-10-14-2-1-7-22-14)12-18-4-3-13(11-18)16(21)19-5-8-23-9-6-19/h13-14H,1-12H2,(H,17,20). The highest BCUT2D eigenvalue weighted by Crippen LogP contribution is 2.20. The van der Waals surface area contributed by atoms with Gasteiger partial charge in [0.2, 0.25) is 11.8 Å². The molecule has 0 aromatic rings. The third kappa shape index (κ3) is 4.84. The molecule has 0 saturated carbocycles. The molecule has 0 radical (unpaired) electrons. The van der Waals surface area contributed by atoms with E-state index in [0.29, 0.717) is 13.1 Å². The van der Waals surface area contributed by atoms with Crippen LogP contribution >= 0.6 is 11.8 Å². The zero-order chi connectivity index (χ0) is 16.1. The van der Waals surface area contributed by atoms with Crippen LogP contribution in [0.15, 0.2) is 0 Å². The molecule has 2 atom stereocenters. The van der Waals surface area contributed by atoms with Gasteiger partial charge < -0.3 is 15.0 Å². The van der Waals surface area contributed by atoms with Crippen LogP contribution in [-0.4, -0.2) is 85.1 Å². The Morgan fingerprint density at radius 3 is 2.74 bits per heavy atom. The number of thioether (sulfide) groups is 1. The first-order valence-corrected chi connectivity index (χ1v) is 9.85. The third-order valence-corrected chi connectivity index (χ3v) is 5.80. The molecule has 23 heavy (non-hydrogen) atoms. The molecular formula is C16H27N3O3S. The lowest BCUT2D eigenvalue weighted by atomic mass is 10.1. The van der Waals surface area contributed by atoms with E-state index in [0.717, 1.165) is 63.6 Å². The minimum atomic E-state index is 0.0444. The first-order chi connectivity index (χ1) is 11.2. The number of ether oxygens (including phenoxy) is 1. The smallest absolute Gasteiger partial charge is 0.234 e. The predicted molar refractivity (Wildman–Crippen MR) is 90.4 cm³/mol. The summed E-state index contributed by atoms with van der Waals surface area (Å²) in [5.74, 6) is 2.50. The molecule has 3 saturated heterocycles. The average Bonchev–Trinajstić information content (AvgIpc) is 3.25. The van der Waals surface area contributed by atoms with Gasteiger partial charge in [-0.1, -0.05) is 0 Å². The highest BCUT2D eigenvalue weighted by atomic mass is 32.2. The van der Waals surface area contributed by atoms with E-state index in [2.05, 4.69) is 10.2 Å². The summed E-state index contributed by atoms with van der Waals surface area (Å²) in [6.07, 6.45) is 3.19. The predicted octanol–water partition coefficient (Wildman–Crippen LogP) is 0.179. The maximum Gasteiger partial charge on any atom is 0.234 e. The van der Waals surface area contributed by atoms with Gasteiger partial charge in [0.1, 0.15) is 0 Å². The largest absolute Gasteiger partial charge is 0.376 e. The second kappa shape index (κ2) is 8.35. The van der Waals surface area contributed by atoms with Gasteiger partial charge in [0, 0.05) is 44.3 Å². The summed E-state index contributed by atoms with van der Waals surface area (Å²) in [6.45, 7) is 5.13. The van der Waals surface area contributed by atoms with Gasteiger partial charge in [-0.05, 0) is 25.8 Å².